The Morgan fingerprint density at radius 3 is 2.02 bits per heavy atom. The van der Waals surface area contributed by atoms with Crippen LogP contribution in [0, 0.1) is 0 Å². The zero-order valence-corrected chi connectivity index (χ0v) is 31.4. The fourth-order valence-electron chi connectivity index (χ4n) is 7.06. The molecule has 5 aromatic carbocycles. The number of aryl methyl sites for hydroxylation is 1. The van der Waals surface area contributed by atoms with E-state index in [9.17, 15) is 5.11 Å². The highest BCUT2D eigenvalue weighted by atomic mass is 35.5. The Kier molecular flexibility index (Phi) is 10.6. The van der Waals surface area contributed by atoms with Crippen LogP contribution in [-0.4, -0.2) is 18.4 Å². The van der Waals surface area contributed by atoms with Crippen molar-refractivity contribution < 1.29 is 9.53 Å². The van der Waals surface area contributed by atoms with E-state index in [2.05, 4.69) is 136 Å². The van der Waals surface area contributed by atoms with Crippen LogP contribution in [0.4, 0.5) is 0 Å². The third-order valence-electron chi connectivity index (χ3n) is 9.49. The van der Waals surface area contributed by atoms with E-state index in [1.165, 1.54) is 10.4 Å². The summed E-state index contributed by atoms with van der Waals surface area (Å²) >= 11 is 6.26. The van der Waals surface area contributed by atoms with Crippen LogP contribution in [0.2, 0.25) is 10.1 Å². The molecular formula is C45H46ClNO2Si. The number of halogens is 1. The molecule has 1 N–H and O–H groups in total. The molecule has 1 atom stereocenters. The lowest BCUT2D eigenvalue weighted by Gasteiger charge is -2.45. The number of hydrogen-bond acceptors (Lipinski definition) is 3. The summed E-state index contributed by atoms with van der Waals surface area (Å²) in [6, 6.07) is 48.5. The Bertz CT molecular complexity index is 2040. The van der Waals surface area contributed by atoms with Crippen LogP contribution in [0.5, 0.6) is 0 Å². The second-order valence-electron chi connectivity index (χ2n) is 14.6. The lowest BCUT2D eigenvalue weighted by atomic mass is 9.90. The average Bonchev–Trinajstić information content (AvgIpc) is 3.11. The highest BCUT2D eigenvalue weighted by Gasteiger charge is 2.51. The fraction of sp³-hybridized carbons (Fsp3) is 0.222. The van der Waals surface area contributed by atoms with Gasteiger partial charge in [0.1, 0.15) is 0 Å². The van der Waals surface area contributed by atoms with Gasteiger partial charge in [-0.05, 0) is 94.7 Å². The number of aromatic nitrogens is 1. The Labute approximate surface area is 303 Å². The maximum Gasteiger partial charge on any atom is 0.261 e. The molecular weight excluding hydrogens is 650 g/mol. The van der Waals surface area contributed by atoms with Gasteiger partial charge in [0.05, 0.1) is 22.9 Å². The van der Waals surface area contributed by atoms with Gasteiger partial charge in [0.2, 0.25) is 0 Å². The van der Waals surface area contributed by atoms with Crippen molar-refractivity contribution in [2.75, 3.05) is 0 Å². The number of benzene rings is 5. The van der Waals surface area contributed by atoms with E-state index in [-0.39, 0.29) is 11.1 Å². The molecule has 5 heteroatoms. The van der Waals surface area contributed by atoms with E-state index >= 15 is 0 Å². The van der Waals surface area contributed by atoms with Crippen molar-refractivity contribution in [1.82, 2.24) is 4.98 Å². The quantitative estimate of drug-likeness (QED) is 0.137. The Hall–Kier alpha value is -4.32. The van der Waals surface area contributed by atoms with Crippen molar-refractivity contribution in [3.8, 4) is 0 Å². The minimum atomic E-state index is -2.89. The van der Waals surface area contributed by atoms with Crippen molar-refractivity contribution in [3.63, 3.8) is 0 Å². The fourth-order valence-corrected chi connectivity index (χ4v) is 11.9. The predicted molar refractivity (Wildman–Crippen MR) is 214 cm³/mol. The largest absolute Gasteiger partial charge is 0.400 e. The van der Waals surface area contributed by atoms with Crippen LogP contribution in [0.3, 0.4) is 0 Å². The van der Waals surface area contributed by atoms with Gasteiger partial charge < -0.3 is 9.53 Å². The molecule has 1 aromatic heterocycles. The van der Waals surface area contributed by atoms with Crippen LogP contribution in [-0.2, 0) is 16.4 Å². The summed E-state index contributed by atoms with van der Waals surface area (Å²) in [4.78, 5) is 4.83. The highest BCUT2D eigenvalue weighted by molar-refractivity contribution is 6.99. The second-order valence-corrected chi connectivity index (χ2v) is 19.3. The molecule has 0 aliphatic carbocycles. The van der Waals surface area contributed by atoms with Crippen molar-refractivity contribution in [1.29, 1.82) is 0 Å². The summed E-state index contributed by atoms with van der Waals surface area (Å²) in [7, 11) is -2.89. The first-order valence-corrected chi connectivity index (χ1v) is 19.7. The van der Waals surface area contributed by atoms with Gasteiger partial charge in [-0.2, -0.15) is 0 Å². The van der Waals surface area contributed by atoms with E-state index < -0.39 is 13.9 Å². The monoisotopic (exact) mass is 695 g/mol. The van der Waals surface area contributed by atoms with Gasteiger partial charge in [-0.3, -0.25) is 0 Å². The first kappa shape index (κ1) is 35.5. The first-order chi connectivity index (χ1) is 23.9. The van der Waals surface area contributed by atoms with Crippen molar-refractivity contribution in [2.45, 2.75) is 64.2 Å². The topological polar surface area (TPSA) is 42.4 Å². The smallest absolute Gasteiger partial charge is 0.261 e. The molecule has 0 aliphatic rings. The summed E-state index contributed by atoms with van der Waals surface area (Å²) in [6.45, 7) is 10.7. The number of nitrogens with zero attached hydrogens (tertiary/aromatic N) is 1. The molecule has 3 nitrogen and oxygen atoms in total. The van der Waals surface area contributed by atoms with Crippen LogP contribution in [0.1, 0.15) is 75.1 Å². The average molecular weight is 696 g/mol. The normalized spacial score (nSPS) is 13.2. The molecule has 0 unspecified atom stereocenters. The number of pyridine rings is 1. The molecule has 6 aromatic rings. The number of hydrogen-bond donors (Lipinski definition) is 1. The highest BCUT2D eigenvalue weighted by Crippen LogP contribution is 2.41. The van der Waals surface area contributed by atoms with E-state index in [0.29, 0.717) is 5.02 Å². The lowest BCUT2D eigenvalue weighted by molar-refractivity contribution is 0.0773. The van der Waals surface area contributed by atoms with Gasteiger partial charge in [-0.25, -0.2) is 4.98 Å². The van der Waals surface area contributed by atoms with Crippen molar-refractivity contribution in [2.24, 2.45) is 0 Å². The van der Waals surface area contributed by atoms with Gasteiger partial charge in [0, 0.05) is 10.4 Å². The van der Waals surface area contributed by atoms with E-state index in [1.54, 1.807) is 0 Å². The molecule has 0 saturated carbocycles. The summed E-state index contributed by atoms with van der Waals surface area (Å²) in [5, 5.41) is 15.1. The standard InChI is InChI=1S/C45H46ClNO2Si/c1-44(2,3)50(39-18-8-6-9-19-39,40-20-10-7-11-21-40)49-43(30-26-34-16-12-13-22-41(34)45(4,5)48)36-17-14-15-33(31-36)23-28-38-29-25-35-24-27-37(46)32-42(35)47-38/h6-25,27-29,31-32,43,48H,26,30H2,1-5H3/t43-/m1/s1. The molecule has 0 spiro atoms. The first-order valence-electron chi connectivity index (χ1n) is 17.4. The van der Waals surface area contributed by atoms with Crippen LogP contribution in [0.25, 0.3) is 23.1 Å². The molecule has 50 heavy (non-hydrogen) atoms. The molecule has 6 rings (SSSR count). The van der Waals surface area contributed by atoms with Gasteiger partial charge >= 0.3 is 0 Å². The van der Waals surface area contributed by atoms with Crippen LogP contribution in [0.15, 0.2) is 140 Å². The molecule has 254 valence electrons. The summed E-state index contributed by atoms with van der Waals surface area (Å²) in [5.41, 5.74) is 5.08. The number of fused-ring (bicyclic) bond motifs is 1. The summed E-state index contributed by atoms with van der Waals surface area (Å²) in [6.07, 6.45) is 5.46. The number of aliphatic hydroxyl groups is 1. The minimum absolute atomic E-state index is 0.179. The van der Waals surface area contributed by atoms with E-state index in [0.717, 1.165) is 51.7 Å². The van der Waals surface area contributed by atoms with Gasteiger partial charge in [-0.15, -0.1) is 0 Å². The SMILES string of the molecule is CC(C)(O)c1ccccc1CC[C@@H](O[Si](c1ccccc1)(c1ccccc1)C(C)(C)C)c1cccc(C=Cc2ccc3ccc(Cl)cc3n2)c1. The van der Waals surface area contributed by atoms with E-state index in [4.69, 9.17) is 21.0 Å². The molecule has 0 amide bonds. The van der Waals surface area contributed by atoms with Crippen molar-refractivity contribution >= 4 is 53.3 Å². The molecule has 0 fully saturated rings. The van der Waals surface area contributed by atoms with Crippen LogP contribution < -0.4 is 10.4 Å². The third kappa shape index (κ3) is 7.85. The summed E-state index contributed by atoms with van der Waals surface area (Å²) < 4.78 is 7.81. The van der Waals surface area contributed by atoms with E-state index in [1.807, 2.05) is 50.2 Å². The molecule has 0 bridgehead atoms. The predicted octanol–water partition coefficient (Wildman–Crippen LogP) is 10.5. The minimum Gasteiger partial charge on any atom is -0.400 e. The molecule has 0 aliphatic heterocycles. The Morgan fingerprint density at radius 1 is 0.720 bits per heavy atom. The van der Waals surface area contributed by atoms with Gasteiger partial charge in [0.15, 0.2) is 0 Å². The maximum absolute atomic E-state index is 11.1. The molecule has 0 radical (unpaired) electrons. The van der Waals surface area contributed by atoms with Gasteiger partial charge in [0.25, 0.3) is 8.32 Å². The molecule has 0 saturated heterocycles. The lowest BCUT2D eigenvalue weighted by Crippen LogP contribution is -2.66. The van der Waals surface area contributed by atoms with Crippen molar-refractivity contribution in [3.05, 3.63) is 172 Å². The Morgan fingerprint density at radius 2 is 1.36 bits per heavy atom. The summed E-state index contributed by atoms with van der Waals surface area (Å²) in [5.74, 6) is 0. The Balaban J connectivity index is 1.43. The van der Waals surface area contributed by atoms with Gasteiger partial charge in [-0.1, -0.05) is 154 Å². The zero-order chi connectivity index (χ0) is 35.4. The third-order valence-corrected chi connectivity index (χ3v) is 14.8. The zero-order valence-electron chi connectivity index (χ0n) is 29.6. The molecule has 1 heterocycles. The van der Waals surface area contributed by atoms with Crippen LogP contribution >= 0.6 is 11.6 Å². The number of rotatable bonds is 11. The second kappa shape index (κ2) is 14.9. The maximum atomic E-state index is 11.1.